The van der Waals surface area contributed by atoms with Gasteiger partial charge in [0.05, 0.1) is 0 Å². The van der Waals surface area contributed by atoms with Crippen LogP contribution in [0, 0.1) is 5.92 Å². The zero-order valence-corrected chi connectivity index (χ0v) is 13.2. The van der Waals surface area contributed by atoms with Crippen LogP contribution in [0.2, 0.25) is 0 Å². The van der Waals surface area contributed by atoms with Gasteiger partial charge in [-0.3, -0.25) is 0 Å². The largest absolute Gasteiger partial charge is 0.371 e. The number of anilines is 1. The van der Waals surface area contributed by atoms with Crippen LogP contribution in [-0.2, 0) is 6.54 Å². The third-order valence-electron chi connectivity index (χ3n) is 4.06. The molecule has 1 aliphatic rings. The maximum atomic E-state index is 3.58. The second-order valence-electron chi connectivity index (χ2n) is 6.41. The van der Waals surface area contributed by atoms with Crippen LogP contribution >= 0.6 is 0 Å². The molecule has 1 aromatic carbocycles. The smallest absolute Gasteiger partial charge is 0.0411 e. The second-order valence-corrected chi connectivity index (χ2v) is 6.41. The first-order valence-electron chi connectivity index (χ1n) is 8.31. The predicted molar refractivity (Wildman–Crippen MR) is 88.3 cm³/mol. The number of para-hydroxylation sites is 1. The first-order valence-corrected chi connectivity index (χ1v) is 8.31. The molecule has 2 rings (SSSR count). The van der Waals surface area contributed by atoms with E-state index in [1.807, 2.05) is 0 Å². The lowest BCUT2D eigenvalue weighted by atomic mass is 10.1. The summed E-state index contributed by atoms with van der Waals surface area (Å²) in [5.74, 6) is 0.712. The quantitative estimate of drug-likeness (QED) is 0.865. The minimum Gasteiger partial charge on any atom is -0.371 e. The molecule has 2 nitrogen and oxygen atoms in total. The Morgan fingerprint density at radius 1 is 1.00 bits per heavy atom. The Balaban J connectivity index is 2.01. The van der Waals surface area contributed by atoms with E-state index in [1.54, 1.807) is 0 Å². The average molecular weight is 274 g/mol. The maximum absolute atomic E-state index is 3.58. The summed E-state index contributed by atoms with van der Waals surface area (Å²) < 4.78 is 0. The van der Waals surface area contributed by atoms with E-state index in [0.717, 1.165) is 13.1 Å². The number of nitrogens with zero attached hydrogens (tertiary/aromatic N) is 1. The number of benzene rings is 1. The van der Waals surface area contributed by atoms with Gasteiger partial charge >= 0.3 is 0 Å². The molecule has 1 N–H and O–H groups in total. The average Bonchev–Trinajstić information content (AvgIpc) is 2.39. The highest BCUT2D eigenvalue weighted by Gasteiger charge is 2.12. The molecule has 0 spiro atoms. The van der Waals surface area contributed by atoms with Crippen molar-refractivity contribution in [1.29, 1.82) is 0 Å². The first kappa shape index (κ1) is 15.4. The molecule has 0 unspecified atom stereocenters. The topological polar surface area (TPSA) is 15.3 Å². The number of nitrogens with one attached hydrogen (secondary N) is 1. The predicted octanol–water partition coefficient (Wildman–Crippen LogP) is 4.20. The molecule has 0 atom stereocenters. The summed E-state index contributed by atoms with van der Waals surface area (Å²) in [4.78, 5) is 2.60. The van der Waals surface area contributed by atoms with E-state index in [2.05, 4.69) is 48.3 Å². The van der Waals surface area contributed by atoms with Crippen molar-refractivity contribution in [2.24, 2.45) is 5.92 Å². The zero-order valence-electron chi connectivity index (χ0n) is 13.2. The van der Waals surface area contributed by atoms with Gasteiger partial charge in [0, 0.05) is 25.3 Å². The van der Waals surface area contributed by atoms with E-state index in [4.69, 9.17) is 0 Å². The fourth-order valence-corrected chi connectivity index (χ4v) is 2.95. The van der Waals surface area contributed by atoms with Gasteiger partial charge in [-0.1, -0.05) is 51.3 Å². The van der Waals surface area contributed by atoms with Gasteiger partial charge in [0.1, 0.15) is 0 Å². The van der Waals surface area contributed by atoms with Crippen LogP contribution in [0.4, 0.5) is 5.69 Å². The Labute approximate surface area is 124 Å². The minimum atomic E-state index is 0.712. The fourth-order valence-electron chi connectivity index (χ4n) is 2.95. The van der Waals surface area contributed by atoms with Crippen LogP contribution in [0.1, 0.15) is 51.5 Å². The lowest BCUT2D eigenvalue weighted by molar-refractivity contribution is 0.544. The van der Waals surface area contributed by atoms with Crippen LogP contribution in [0.5, 0.6) is 0 Å². The molecule has 0 saturated carbocycles. The van der Waals surface area contributed by atoms with Gasteiger partial charge < -0.3 is 10.2 Å². The number of hydrogen-bond acceptors (Lipinski definition) is 2. The van der Waals surface area contributed by atoms with E-state index in [9.17, 15) is 0 Å². The molecule has 0 amide bonds. The Hall–Kier alpha value is -1.02. The molecule has 1 aliphatic heterocycles. The molecule has 0 aromatic heterocycles. The van der Waals surface area contributed by atoms with Crippen molar-refractivity contribution in [3.8, 4) is 0 Å². The third kappa shape index (κ3) is 4.82. The van der Waals surface area contributed by atoms with E-state index in [0.29, 0.717) is 5.92 Å². The Morgan fingerprint density at radius 3 is 2.35 bits per heavy atom. The highest BCUT2D eigenvalue weighted by molar-refractivity contribution is 5.53. The standard InChI is InChI=1S/C18H30N2/c1-16(2)14-19-15-17-10-6-7-11-18(17)20-12-8-4-3-5-9-13-20/h6-7,10-11,16,19H,3-5,8-9,12-15H2,1-2H3. The molecule has 1 fully saturated rings. The summed E-state index contributed by atoms with van der Waals surface area (Å²) in [6.07, 6.45) is 6.89. The van der Waals surface area contributed by atoms with Crippen LogP contribution in [0.15, 0.2) is 24.3 Å². The molecular formula is C18H30N2. The highest BCUT2D eigenvalue weighted by Crippen LogP contribution is 2.23. The minimum absolute atomic E-state index is 0.712. The van der Waals surface area contributed by atoms with Gasteiger partial charge in [-0.2, -0.15) is 0 Å². The van der Waals surface area contributed by atoms with Crippen molar-refractivity contribution in [3.05, 3.63) is 29.8 Å². The van der Waals surface area contributed by atoms with Crippen molar-refractivity contribution in [1.82, 2.24) is 5.32 Å². The van der Waals surface area contributed by atoms with Gasteiger partial charge in [0.25, 0.3) is 0 Å². The highest BCUT2D eigenvalue weighted by atomic mass is 15.1. The molecule has 2 heteroatoms. The number of hydrogen-bond donors (Lipinski definition) is 1. The maximum Gasteiger partial charge on any atom is 0.0411 e. The van der Waals surface area contributed by atoms with E-state index in [-0.39, 0.29) is 0 Å². The summed E-state index contributed by atoms with van der Waals surface area (Å²) in [5, 5.41) is 3.58. The van der Waals surface area contributed by atoms with Crippen molar-refractivity contribution in [2.45, 2.75) is 52.5 Å². The Bertz CT molecular complexity index is 379. The molecule has 0 bridgehead atoms. The van der Waals surface area contributed by atoms with Crippen LogP contribution < -0.4 is 10.2 Å². The van der Waals surface area contributed by atoms with Gasteiger partial charge in [-0.15, -0.1) is 0 Å². The molecule has 1 heterocycles. The summed E-state index contributed by atoms with van der Waals surface area (Å²) in [6.45, 7) is 9.05. The first-order chi connectivity index (χ1) is 9.77. The molecule has 0 aliphatic carbocycles. The Morgan fingerprint density at radius 2 is 1.65 bits per heavy atom. The monoisotopic (exact) mass is 274 g/mol. The van der Waals surface area contributed by atoms with Crippen molar-refractivity contribution in [3.63, 3.8) is 0 Å². The molecule has 1 saturated heterocycles. The summed E-state index contributed by atoms with van der Waals surface area (Å²) in [5.41, 5.74) is 2.90. The van der Waals surface area contributed by atoms with Gasteiger partial charge in [0.2, 0.25) is 0 Å². The second kappa shape index (κ2) is 8.31. The molecule has 112 valence electrons. The normalized spacial score (nSPS) is 17.1. The number of rotatable bonds is 5. The third-order valence-corrected chi connectivity index (χ3v) is 4.06. The van der Waals surface area contributed by atoms with Crippen molar-refractivity contribution in [2.75, 3.05) is 24.5 Å². The van der Waals surface area contributed by atoms with E-state index < -0.39 is 0 Å². The SMILES string of the molecule is CC(C)CNCc1ccccc1N1CCCCCCC1. The van der Waals surface area contributed by atoms with Crippen LogP contribution in [0.25, 0.3) is 0 Å². The molecule has 0 radical (unpaired) electrons. The van der Waals surface area contributed by atoms with E-state index in [1.165, 1.54) is 56.4 Å². The molecular weight excluding hydrogens is 244 g/mol. The summed E-state index contributed by atoms with van der Waals surface area (Å²) in [6, 6.07) is 8.93. The fraction of sp³-hybridized carbons (Fsp3) is 0.667. The molecule has 20 heavy (non-hydrogen) atoms. The lowest BCUT2D eigenvalue weighted by Crippen LogP contribution is -2.29. The van der Waals surface area contributed by atoms with Gasteiger partial charge in [0.15, 0.2) is 0 Å². The van der Waals surface area contributed by atoms with Gasteiger partial charge in [-0.05, 0) is 36.9 Å². The molecule has 1 aromatic rings. The van der Waals surface area contributed by atoms with Crippen LogP contribution in [-0.4, -0.2) is 19.6 Å². The summed E-state index contributed by atoms with van der Waals surface area (Å²) >= 11 is 0. The van der Waals surface area contributed by atoms with Crippen molar-refractivity contribution >= 4 is 5.69 Å². The van der Waals surface area contributed by atoms with E-state index >= 15 is 0 Å². The Kier molecular flexibility index (Phi) is 6.38. The lowest BCUT2D eigenvalue weighted by Gasteiger charge is -2.29. The van der Waals surface area contributed by atoms with Crippen LogP contribution in [0.3, 0.4) is 0 Å². The van der Waals surface area contributed by atoms with Gasteiger partial charge in [-0.25, -0.2) is 0 Å². The zero-order chi connectivity index (χ0) is 14.2. The summed E-state index contributed by atoms with van der Waals surface area (Å²) in [7, 11) is 0. The van der Waals surface area contributed by atoms with Crippen molar-refractivity contribution < 1.29 is 0 Å².